The molecule has 0 atom stereocenters. The lowest BCUT2D eigenvalue weighted by molar-refractivity contribution is 0.628. The van der Waals surface area contributed by atoms with Crippen molar-refractivity contribution in [2.75, 3.05) is 4.90 Å². The van der Waals surface area contributed by atoms with Crippen molar-refractivity contribution in [3.05, 3.63) is 287 Å². The van der Waals surface area contributed by atoms with Gasteiger partial charge < -0.3 is 9.47 Å². The molecule has 0 unspecified atom stereocenters. The van der Waals surface area contributed by atoms with Gasteiger partial charge in [-0.25, -0.2) is 4.39 Å². The number of hydrogen-bond acceptors (Lipinski definition) is 1. The molecule has 0 fully saturated rings. The SMILES string of the molecule is CC.CC/C=C\c1c(C)n(C)c2cccc(C)c12.Cc1ccc2c(c1)C1(c3ccccc3-c3ccccc31)c1cc(N(c3cccc(F)c3)c3cccc(-c4ccccc4)c3)c3ccccc3c1-2.Cc1ccccc1. The van der Waals surface area contributed by atoms with Crippen molar-refractivity contribution >= 4 is 44.8 Å². The minimum atomic E-state index is -0.512. The normalized spacial score (nSPS) is 12.2. The molecule has 2 nitrogen and oxygen atoms in total. The van der Waals surface area contributed by atoms with E-state index in [2.05, 4.69) is 239 Å². The molecule has 2 aliphatic rings. The van der Waals surface area contributed by atoms with Gasteiger partial charge >= 0.3 is 0 Å². The molecule has 1 aromatic heterocycles. The van der Waals surface area contributed by atoms with E-state index in [0.717, 1.165) is 40.0 Å². The number of fused-ring (bicyclic) bond motifs is 13. The molecular weight excluding hydrogens is 912 g/mol. The minimum Gasteiger partial charge on any atom is -0.347 e. The highest BCUT2D eigenvalue weighted by Gasteiger charge is 2.52. The summed E-state index contributed by atoms with van der Waals surface area (Å²) in [6.07, 6.45) is 5.57. The first-order chi connectivity index (χ1) is 36.7. The third-order valence-corrected chi connectivity index (χ3v) is 15.0. The van der Waals surface area contributed by atoms with Crippen molar-refractivity contribution in [3.8, 4) is 33.4 Å². The number of allylic oxidation sites excluding steroid dienone is 1. The van der Waals surface area contributed by atoms with Crippen LogP contribution in [0.1, 0.15) is 77.4 Å². The molecule has 13 rings (SSSR count). The van der Waals surface area contributed by atoms with Crippen LogP contribution in [0.5, 0.6) is 0 Å². The lowest BCUT2D eigenvalue weighted by Crippen LogP contribution is -2.26. The maximum absolute atomic E-state index is 15.2. The smallest absolute Gasteiger partial charge is 0.125 e. The van der Waals surface area contributed by atoms with E-state index < -0.39 is 5.41 Å². The van der Waals surface area contributed by atoms with Crippen LogP contribution < -0.4 is 4.90 Å². The van der Waals surface area contributed by atoms with Crippen molar-refractivity contribution in [3.63, 3.8) is 0 Å². The molecule has 0 amide bonds. The molecule has 0 aliphatic heterocycles. The summed E-state index contributed by atoms with van der Waals surface area (Å²) in [5, 5.41) is 3.69. The van der Waals surface area contributed by atoms with Crippen molar-refractivity contribution < 1.29 is 4.39 Å². The maximum Gasteiger partial charge on any atom is 0.125 e. The van der Waals surface area contributed by atoms with Crippen molar-refractivity contribution in [1.29, 1.82) is 0 Å². The largest absolute Gasteiger partial charge is 0.347 e. The number of aryl methyl sites for hydroxylation is 4. The fraction of sp³-hybridized carbons (Fsp3) is 0.139. The fourth-order valence-electron chi connectivity index (χ4n) is 11.6. The minimum absolute atomic E-state index is 0.268. The molecule has 0 N–H and O–H groups in total. The molecule has 11 aromatic rings. The zero-order valence-corrected chi connectivity index (χ0v) is 44.5. The molecule has 10 aromatic carbocycles. The van der Waals surface area contributed by atoms with Crippen LogP contribution in [0.15, 0.2) is 231 Å². The molecule has 1 heterocycles. The molecular formula is C72H65FN2. The van der Waals surface area contributed by atoms with Gasteiger partial charge in [-0.05, 0) is 143 Å². The van der Waals surface area contributed by atoms with Gasteiger partial charge in [0.2, 0.25) is 0 Å². The summed E-state index contributed by atoms with van der Waals surface area (Å²) in [4.78, 5) is 2.24. The zero-order chi connectivity index (χ0) is 52.2. The Morgan fingerprint density at radius 1 is 0.493 bits per heavy atom. The predicted molar refractivity (Wildman–Crippen MR) is 319 cm³/mol. The van der Waals surface area contributed by atoms with Crippen LogP contribution in [-0.4, -0.2) is 4.57 Å². The number of aromatic nitrogens is 1. The quantitative estimate of drug-likeness (QED) is 0.161. The van der Waals surface area contributed by atoms with Gasteiger partial charge in [0, 0.05) is 46.0 Å². The summed E-state index contributed by atoms with van der Waals surface area (Å²) < 4.78 is 17.5. The Morgan fingerprint density at radius 3 is 1.73 bits per heavy atom. The Hall–Kier alpha value is -8.53. The number of nitrogens with zero attached hydrogens (tertiary/aromatic N) is 2. The highest BCUT2D eigenvalue weighted by Crippen LogP contribution is 2.65. The lowest BCUT2D eigenvalue weighted by Gasteiger charge is -2.33. The van der Waals surface area contributed by atoms with E-state index in [-0.39, 0.29) is 5.82 Å². The first kappa shape index (κ1) is 50.0. The van der Waals surface area contributed by atoms with Crippen molar-refractivity contribution in [2.45, 2.75) is 60.3 Å². The van der Waals surface area contributed by atoms with Gasteiger partial charge in [-0.3, -0.25) is 0 Å². The summed E-state index contributed by atoms with van der Waals surface area (Å²) >= 11 is 0. The molecule has 0 radical (unpaired) electrons. The van der Waals surface area contributed by atoms with Crippen LogP contribution in [-0.2, 0) is 12.5 Å². The molecule has 3 heteroatoms. The number of rotatable bonds is 6. The Bertz CT molecular complexity index is 3810. The molecule has 2 aliphatic carbocycles. The van der Waals surface area contributed by atoms with E-state index in [0.29, 0.717) is 0 Å². The van der Waals surface area contributed by atoms with Crippen LogP contribution in [0.3, 0.4) is 0 Å². The first-order valence-electron chi connectivity index (χ1n) is 26.5. The Balaban J connectivity index is 0.000000211. The third-order valence-electron chi connectivity index (χ3n) is 15.0. The van der Waals surface area contributed by atoms with Gasteiger partial charge in [0.05, 0.1) is 11.1 Å². The summed E-state index contributed by atoms with van der Waals surface area (Å²) in [5.74, 6) is -0.268. The number of hydrogen-bond donors (Lipinski definition) is 0. The Labute approximate surface area is 443 Å². The van der Waals surface area contributed by atoms with Gasteiger partial charge in [-0.1, -0.05) is 226 Å². The summed E-state index contributed by atoms with van der Waals surface area (Å²) in [6.45, 7) is 14.8. The monoisotopic (exact) mass is 977 g/mol. The van der Waals surface area contributed by atoms with Crippen LogP contribution >= 0.6 is 0 Å². The fourth-order valence-corrected chi connectivity index (χ4v) is 11.6. The predicted octanol–water partition coefficient (Wildman–Crippen LogP) is 20.0. The highest BCUT2D eigenvalue weighted by atomic mass is 19.1. The van der Waals surface area contributed by atoms with E-state index in [1.54, 1.807) is 12.1 Å². The third kappa shape index (κ3) is 8.97. The zero-order valence-electron chi connectivity index (χ0n) is 44.5. The second-order valence-electron chi connectivity index (χ2n) is 19.5. The van der Waals surface area contributed by atoms with Gasteiger partial charge in [0.25, 0.3) is 0 Å². The van der Waals surface area contributed by atoms with E-state index in [9.17, 15) is 0 Å². The van der Waals surface area contributed by atoms with Crippen molar-refractivity contribution in [2.24, 2.45) is 7.05 Å². The number of benzene rings is 10. The van der Waals surface area contributed by atoms with Gasteiger partial charge in [-0.15, -0.1) is 0 Å². The average Bonchev–Trinajstić information content (AvgIpc) is 4.04. The Kier molecular flexibility index (Phi) is 14.3. The average molecular weight is 977 g/mol. The second-order valence-corrected chi connectivity index (χ2v) is 19.5. The lowest BCUT2D eigenvalue weighted by atomic mass is 9.70. The Morgan fingerprint density at radius 2 is 1.08 bits per heavy atom. The van der Waals surface area contributed by atoms with Gasteiger partial charge in [0.1, 0.15) is 5.82 Å². The molecule has 0 saturated heterocycles. The van der Waals surface area contributed by atoms with E-state index in [4.69, 9.17) is 0 Å². The molecule has 75 heavy (non-hydrogen) atoms. The second kappa shape index (κ2) is 21.5. The molecule has 0 saturated carbocycles. The van der Waals surface area contributed by atoms with E-state index in [1.807, 2.05) is 44.2 Å². The molecule has 1 spiro atoms. The standard InChI is InChI=1S/C48H32FN.C15H19N.C7H8.C2H6/c1-31-25-26-41-44(27-31)48(42-23-9-7-19-37(42)38-20-8-10-24-43(38)48)45-30-46(39-21-5-6-22-40(39)47(41)45)50(36-18-12-16-34(49)29-36)35-17-11-15-33(28-35)32-13-3-2-4-14-32;1-5-6-9-13-12(3)16(4)14-10-7-8-11(2)15(13)14;1-7-5-3-2-4-6-7;1-2/h2-30H,1H3;6-10H,5H2,1-4H3;2-6H,1H3;1-2H3/b;9-6-;;. The van der Waals surface area contributed by atoms with Crippen LogP contribution in [0.2, 0.25) is 0 Å². The summed E-state index contributed by atoms with van der Waals surface area (Å²) in [5.41, 5.74) is 22.7. The summed E-state index contributed by atoms with van der Waals surface area (Å²) in [7, 11) is 2.14. The highest BCUT2D eigenvalue weighted by molar-refractivity contribution is 6.12. The van der Waals surface area contributed by atoms with Crippen molar-refractivity contribution in [1.82, 2.24) is 4.57 Å². The van der Waals surface area contributed by atoms with Crippen LogP contribution in [0, 0.1) is 33.5 Å². The van der Waals surface area contributed by atoms with E-state index in [1.165, 1.54) is 94.8 Å². The van der Waals surface area contributed by atoms with Gasteiger partial charge in [0.15, 0.2) is 0 Å². The van der Waals surface area contributed by atoms with Crippen LogP contribution in [0.25, 0.3) is 61.1 Å². The summed E-state index contributed by atoms with van der Waals surface area (Å²) in [6, 6.07) is 78.7. The van der Waals surface area contributed by atoms with Crippen LogP contribution in [0.4, 0.5) is 21.5 Å². The van der Waals surface area contributed by atoms with Gasteiger partial charge in [-0.2, -0.15) is 0 Å². The molecule has 0 bridgehead atoms. The maximum atomic E-state index is 15.2. The molecule has 370 valence electrons. The number of halogens is 1. The van der Waals surface area contributed by atoms with E-state index >= 15 is 4.39 Å². The topological polar surface area (TPSA) is 8.17 Å². The number of anilines is 3. The first-order valence-corrected chi connectivity index (χ1v) is 26.5.